The van der Waals surface area contributed by atoms with Gasteiger partial charge in [-0.05, 0) is 49.5 Å². The summed E-state index contributed by atoms with van der Waals surface area (Å²) in [6, 6.07) is 8.27. The molecular formula is C19H28ClN3O2. The molecule has 5 nitrogen and oxygen atoms in total. The molecule has 0 radical (unpaired) electrons. The first kappa shape index (κ1) is 19.7. The zero-order valence-corrected chi connectivity index (χ0v) is 15.8. The van der Waals surface area contributed by atoms with Gasteiger partial charge in [-0.15, -0.1) is 12.4 Å². The molecule has 0 aromatic heterocycles. The van der Waals surface area contributed by atoms with E-state index in [0.29, 0.717) is 18.9 Å². The number of benzene rings is 1. The molecule has 2 N–H and O–H groups in total. The molecule has 0 aliphatic carbocycles. The molecule has 25 heavy (non-hydrogen) atoms. The number of nitrogens with zero attached hydrogens (tertiary/aromatic N) is 1. The lowest BCUT2D eigenvalue weighted by molar-refractivity contribution is -0.127. The number of anilines is 1. The number of hydrogen-bond donors (Lipinski definition) is 2. The third kappa shape index (κ3) is 4.53. The maximum Gasteiger partial charge on any atom is 0.227 e. The van der Waals surface area contributed by atoms with Gasteiger partial charge < -0.3 is 15.5 Å². The van der Waals surface area contributed by atoms with E-state index in [1.165, 1.54) is 5.56 Å². The summed E-state index contributed by atoms with van der Waals surface area (Å²) < 4.78 is 0. The van der Waals surface area contributed by atoms with Crippen molar-refractivity contribution < 1.29 is 9.59 Å². The van der Waals surface area contributed by atoms with Gasteiger partial charge in [-0.25, -0.2) is 0 Å². The van der Waals surface area contributed by atoms with Crippen molar-refractivity contribution in [2.24, 2.45) is 11.8 Å². The van der Waals surface area contributed by atoms with E-state index in [1.807, 2.05) is 24.3 Å². The Hall–Kier alpha value is -1.59. The lowest BCUT2D eigenvalue weighted by Crippen LogP contribution is -2.50. The van der Waals surface area contributed by atoms with Crippen LogP contribution in [0.2, 0.25) is 0 Å². The van der Waals surface area contributed by atoms with E-state index in [9.17, 15) is 9.59 Å². The minimum Gasteiger partial charge on any atom is -0.353 e. The Morgan fingerprint density at radius 2 is 2.04 bits per heavy atom. The summed E-state index contributed by atoms with van der Waals surface area (Å²) in [7, 11) is 0. The van der Waals surface area contributed by atoms with Gasteiger partial charge in [-0.2, -0.15) is 0 Å². The Morgan fingerprint density at radius 1 is 1.32 bits per heavy atom. The second-order valence-corrected chi connectivity index (χ2v) is 7.01. The predicted molar refractivity (Wildman–Crippen MR) is 102 cm³/mol. The first-order valence-electron chi connectivity index (χ1n) is 8.99. The van der Waals surface area contributed by atoms with Crippen molar-refractivity contribution in [2.75, 3.05) is 24.5 Å². The van der Waals surface area contributed by atoms with Crippen molar-refractivity contribution >= 4 is 29.9 Å². The highest BCUT2D eigenvalue weighted by atomic mass is 35.5. The lowest BCUT2D eigenvalue weighted by atomic mass is 9.94. The largest absolute Gasteiger partial charge is 0.353 e. The standard InChI is InChI=1S/C19H27N3O2.ClH/c1-3-14-4-6-16(7-5-14)22-12-15(10-18(22)23)19(24)21-17-8-9-20-11-13(17)2;/h4-7,13,15,17,20H,3,8-12H2,1-2H3,(H,21,24);1H. The smallest absolute Gasteiger partial charge is 0.227 e. The minimum absolute atomic E-state index is 0. The lowest BCUT2D eigenvalue weighted by Gasteiger charge is -2.31. The molecule has 138 valence electrons. The molecule has 2 heterocycles. The highest BCUT2D eigenvalue weighted by Crippen LogP contribution is 2.26. The topological polar surface area (TPSA) is 61.4 Å². The number of carbonyl (C=O) groups is 2. The number of hydrogen-bond acceptors (Lipinski definition) is 3. The van der Waals surface area contributed by atoms with Crippen molar-refractivity contribution in [1.82, 2.24) is 10.6 Å². The number of aryl methyl sites for hydroxylation is 1. The normalized spacial score (nSPS) is 26.2. The van der Waals surface area contributed by atoms with Crippen LogP contribution in [0, 0.1) is 11.8 Å². The van der Waals surface area contributed by atoms with Crippen molar-refractivity contribution in [3.8, 4) is 0 Å². The maximum absolute atomic E-state index is 12.6. The Labute approximate surface area is 155 Å². The summed E-state index contributed by atoms with van der Waals surface area (Å²) in [5.74, 6) is 0.246. The van der Waals surface area contributed by atoms with Crippen LogP contribution in [0.5, 0.6) is 0 Å². The third-order valence-electron chi connectivity index (χ3n) is 5.27. The zero-order valence-electron chi connectivity index (χ0n) is 15.0. The van der Waals surface area contributed by atoms with Crippen LogP contribution in [0.1, 0.15) is 32.3 Å². The van der Waals surface area contributed by atoms with E-state index in [-0.39, 0.29) is 36.2 Å². The van der Waals surface area contributed by atoms with Crippen molar-refractivity contribution in [1.29, 1.82) is 0 Å². The first-order valence-corrected chi connectivity index (χ1v) is 8.99. The Balaban J connectivity index is 0.00000225. The molecule has 3 rings (SSSR count). The molecule has 0 bridgehead atoms. The molecule has 1 aromatic carbocycles. The summed E-state index contributed by atoms with van der Waals surface area (Å²) >= 11 is 0. The van der Waals surface area contributed by atoms with Crippen LogP contribution >= 0.6 is 12.4 Å². The molecule has 3 atom stereocenters. The molecule has 1 aromatic rings. The molecule has 2 saturated heterocycles. The number of halogens is 1. The molecule has 2 fully saturated rings. The van der Waals surface area contributed by atoms with E-state index < -0.39 is 0 Å². The van der Waals surface area contributed by atoms with Crippen LogP contribution in [0.3, 0.4) is 0 Å². The van der Waals surface area contributed by atoms with E-state index >= 15 is 0 Å². The summed E-state index contributed by atoms with van der Waals surface area (Å²) in [6.07, 6.45) is 2.24. The fourth-order valence-electron chi connectivity index (χ4n) is 3.57. The van der Waals surface area contributed by atoms with Crippen molar-refractivity contribution in [3.63, 3.8) is 0 Å². The van der Waals surface area contributed by atoms with Crippen LogP contribution in [-0.4, -0.2) is 37.5 Å². The second-order valence-electron chi connectivity index (χ2n) is 7.01. The molecular weight excluding hydrogens is 338 g/mol. The minimum atomic E-state index is -0.245. The predicted octanol–water partition coefficient (Wildman–Crippen LogP) is 2.14. The summed E-state index contributed by atoms with van der Waals surface area (Å²) in [6.45, 7) is 6.62. The molecule has 2 aliphatic heterocycles. The SMILES string of the molecule is CCc1ccc(N2CC(C(=O)NC3CCNCC3C)CC2=O)cc1.Cl. The Morgan fingerprint density at radius 3 is 2.68 bits per heavy atom. The van der Waals surface area contributed by atoms with E-state index in [2.05, 4.69) is 24.5 Å². The maximum atomic E-state index is 12.6. The van der Waals surface area contributed by atoms with Crippen LogP contribution in [0.25, 0.3) is 0 Å². The fraction of sp³-hybridized carbons (Fsp3) is 0.579. The summed E-state index contributed by atoms with van der Waals surface area (Å²) in [5.41, 5.74) is 2.14. The monoisotopic (exact) mass is 365 g/mol. The number of piperidine rings is 1. The fourth-order valence-corrected chi connectivity index (χ4v) is 3.57. The molecule has 3 unspecified atom stereocenters. The molecule has 6 heteroatoms. The number of rotatable bonds is 4. The zero-order chi connectivity index (χ0) is 17.1. The van der Waals surface area contributed by atoms with Gasteiger partial charge in [0, 0.05) is 24.7 Å². The van der Waals surface area contributed by atoms with Crippen molar-refractivity contribution in [3.05, 3.63) is 29.8 Å². The highest BCUT2D eigenvalue weighted by Gasteiger charge is 2.36. The average molecular weight is 366 g/mol. The molecule has 0 spiro atoms. The van der Waals surface area contributed by atoms with Gasteiger partial charge in [-0.3, -0.25) is 9.59 Å². The first-order chi connectivity index (χ1) is 11.6. The van der Waals surface area contributed by atoms with E-state index in [4.69, 9.17) is 0 Å². The summed E-state index contributed by atoms with van der Waals surface area (Å²) in [5, 5.41) is 6.50. The second kappa shape index (κ2) is 8.68. The van der Waals surface area contributed by atoms with Crippen LogP contribution < -0.4 is 15.5 Å². The number of carbonyl (C=O) groups excluding carboxylic acids is 2. The van der Waals surface area contributed by atoms with Gasteiger partial charge >= 0.3 is 0 Å². The van der Waals surface area contributed by atoms with Crippen LogP contribution in [0.4, 0.5) is 5.69 Å². The Bertz CT molecular complexity index is 605. The molecule has 2 amide bonds. The molecule has 0 saturated carbocycles. The van der Waals surface area contributed by atoms with Gasteiger partial charge in [0.1, 0.15) is 0 Å². The average Bonchev–Trinajstić information content (AvgIpc) is 2.99. The van der Waals surface area contributed by atoms with Gasteiger partial charge in [0.15, 0.2) is 0 Å². The number of amides is 2. The summed E-state index contributed by atoms with van der Waals surface area (Å²) in [4.78, 5) is 26.7. The quantitative estimate of drug-likeness (QED) is 0.859. The van der Waals surface area contributed by atoms with Crippen LogP contribution in [-0.2, 0) is 16.0 Å². The highest BCUT2D eigenvalue weighted by molar-refractivity contribution is 6.00. The van der Waals surface area contributed by atoms with Gasteiger partial charge in [0.05, 0.1) is 5.92 Å². The van der Waals surface area contributed by atoms with E-state index in [0.717, 1.165) is 31.6 Å². The van der Waals surface area contributed by atoms with E-state index in [1.54, 1.807) is 4.90 Å². The molecule has 2 aliphatic rings. The van der Waals surface area contributed by atoms with Crippen molar-refractivity contribution in [2.45, 2.75) is 39.2 Å². The van der Waals surface area contributed by atoms with Gasteiger partial charge in [-0.1, -0.05) is 26.0 Å². The number of nitrogens with one attached hydrogen (secondary N) is 2. The van der Waals surface area contributed by atoms with Gasteiger partial charge in [0.2, 0.25) is 11.8 Å². The Kier molecular flexibility index (Phi) is 6.85. The van der Waals surface area contributed by atoms with Gasteiger partial charge in [0.25, 0.3) is 0 Å². The van der Waals surface area contributed by atoms with Crippen LogP contribution in [0.15, 0.2) is 24.3 Å². The third-order valence-corrected chi connectivity index (χ3v) is 5.27.